The lowest BCUT2D eigenvalue weighted by atomic mass is 9.99. The molecule has 0 spiro atoms. The molecule has 0 fully saturated rings. The smallest absolute Gasteiger partial charge is 0.308 e. The van der Waals surface area contributed by atoms with Crippen LogP contribution in [0.5, 0.6) is 0 Å². The van der Waals surface area contributed by atoms with E-state index in [1.54, 1.807) is 0 Å². The molecule has 0 heterocycles. The summed E-state index contributed by atoms with van der Waals surface area (Å²) in [6.07, 6.45) is 0.822. The molecule has 5 heteroatoms. The number of carboxylic acids is 1. The summed E-state index contributed by atoms with van der Waals surface area (Å²) < 4.78 is 0. The second kappa shape index (κ2) is 6.40. The number of carbonyl (C=O) groups is 2. The lowest BCUT2D eigenvalue weighted by molar-refractivity contribution is -0.141. The van der Waals surface area contributed by atoms with Crippen molar-refractivity contribution in [2.75, 3.05) is 6.54 Å². The summed E-state index contributed by atoms with van der Waals surface area (Å²) in [7, 11) is 0. The Balaban J connectivity index is 3.98. The first-order valence-electron chi connectivity index (χ1n) is 5.16. The highest BCUT2D eigenvalue weighted by molar-refractivity contribution is 5.82. The zero-order valence-corrected chi connectivity index (χ0v) is 9.49. The molecule has 5 nitrogen and oxygen atoms in total. The maximum Gasteiger partial charge on any atom is 0.308 e. The molecule has 4 N–H and O–H groups in total. The van der Waals surface area contributed by atoms with Crippen molar-refractivity contribution >= 4 is 11.9 Å². The van der Waals surface area contributed by atoms with Gasteiger partial charge < -0.3 is 16.2 Å². The van der Waals surface area contributed by atoms with Gasteiger partial charge in [0.2, 0.25) is 5.91 Å². The first-order chi connectivity index (χ1) is 6.90. The Morgan fingerprint density at radius 1 is 1.40 bits per heavy atom. The average molecular weight is 216 g/mol. The Hall–Kier alpha value is -1.10. The van der Waals surface area contributed by atoms with Gasteiger partial charge in [-0.2, -0.15) is 0 Å². The van der Waals surface area contributed by atoms with Gasteiger partial charge in [0, 0.05) is 6.54 Å². The van der Waals surface area contributed by atoms with E-state index in [1.807, 2.05) is 13.8 Å². The number of aliphatic carboxylic acids is 1. The maximum absolute atomic E-state index is 11.4. The molecule has 0 aliphatic heterocycles. The zero-order valence-electron chi connectivity index (χ0n) is 9.49. The molecule has 0 aromatic heterocycles. The third kappa shape index (κ3) is 4.78. The Morgan fingerprint density at radius 3 is 2.33 bits per heavy atom. The van der Waals surface area contributed by atoms with Gasteiger partial charge in [-0.25, -0.2) is 0 Å². The van der Waals surface area contributed by atoms with Crippen LogP contribution in [0.1, 0.15) is 27.2 Å². The molecular formula is C10H20N2O3. The molecule has 0 aliphatic carbocycles. The average Bonchev–Trinajstić information content (AvgIpc) is 2.22. The molecule has 0 radical (unpaired) electrons. The predicted octanol–water partition coefficient (Wildman–Crippen LogP) is 0.197. The Morgan fingerprint density at radius 2 is 1.93 bits per heavy atom. The largest absolute Gasteiger partial charge is 0.481 e. The second-order valence-electron chi connectivity index (χ2n) is 3.90. The molecule has 3 atom stereocenters. The normalized spacial score (nSPS) is 16.5. The summed E-state index contributed by atoms with van der Waals surface area (Å²) in [6, 6.07) is -0.559. The summed E-state index contributed by atoms with van der Waals surface area (Å²) >= 11 is 0. The van der Waals surface area contributed by atoms with E-state index in [0.717, 1.165) is 6.42 Å². The molecule has 0 bridgehead atoms. The molecule has 2 unspecified atom stereocenters. The maximum atomic E-state index is 11.4. The van der Waals surface area contributed by atoms with E-state index in [1.165, 1.54) is 6.92 Å². The molecule has 0 aromatic rings. The van der Waals surface area contributed by atoms with Crippen molar-refractivity contribution in [1.29, 1.82) is 0 Å². The van der Waals surface area contributed by atoms with E-state index in [-0.39, 0.29) is 18.4 Å². The van der Waals surface area contributed by atoms with Crippen molar-refractivity contribution in [2.24, 2.45) is 17.6 Å². The molecule has 15 heavy (non-hydrogen) atoms. The van der Waals surface area contributed by atoms with Gasteiger partial charge >= 0.3 is 5.97 Å². The van der Waals surface area contributed by atoms with Crippen molar-refractivity contribution in [3.63, 3.8) is 0 Å². The lowest BCUT2D eigenvalue weighted by Gasteiger charge is -2.18. The van der Waals surface area contributed by atoms with Gasteiger partial charge in [0.1, 0.15) is 0 Å². The van der Waals surface area contributed by atoms with Crippen molar-refractivity contribution < 1.29 is 14.7 Å². The number of rotatable bonds is 6. The van der Waals surface area contributed by atoms with Gasteiger partial charge in [-0.3, -0.25) is 9.59 Å². The fraction of sp³-hybridized carbons (Fsp3) is 0.800. The van der Waals surface area contributed by atoms with Crippen LogP contribution in [-0.4, -0.2) is 29.6 Å². The van der Waals surface area contributed by atoms with Crippen LogP contribution in [0.2, 0.25) is 0 Å². The molecule has 88 valence electrons. The molecule has 0 aliphatic rings. The summed E-state index contributed by atoms with van der Waals surface area (Å²) in [5, 5.41) is 11.1. The van der Waals surface area contributed by atoms with Crippen LogP contribution >= 0.6 is 0 Å². The van der Waals surface area contributed by atoms with Gasteiger partial charge in [0.25, 0.3) is 0 Å². The van der Waals surface area contributed by atoms with Crippen LogP contribution in [0.15, 0.2) is 0 Å². The minimum Gasteiger partial charge on any atom is -0.481 e. The first kappa shape index (κ1) is 13.9. The van der Waals surface area contributed by atoms with Gasteiger partial charge in [-0.1, -0.05) is 27.2 Å². The van der Waals surface area contributed by atoms with Crippen LogP contribution in [0, 0.1) is 11.8 Å². The Kier molecular flexibility index (Phi) is 5.93. The van der Waals surface area contributed by atoms with Crippen molar-refractivity contribution in [1.82, 2.24) is 5.32 Å². The van der Waals surface area contributed by atoms with Gasteiger partial charge in [-0.05, 0) is 5.92 Å². The van der Waals surface area contributed by atoms with Crippen LogP contribution in [0.3, 0.4) is 0 Å². The number of amides is 1. The zero-order chi connectivity index (χ0) is 12.0. The van der Waals surface area contributed by atoms with Crippen LogP contribution in [-0.2, 0) is 9.59 Å². The van der Waals surface area contributed by atoms with Crippen LogP contribution in [0.4, 0.5) is 0 Å². The highest BCUT2D eigenvalue weighted by Gasteiger charge is 2.20. The topological polar surface area (TPSA) is 92.4 Å². The third-order valence-electron chi connectivity index (χ3n) is 2.56. The second-order valence-corrected chi connectivity index (χ2v) is 3.90. The van der Waals surface area contributed by atoms with E-state index in [9.17, 15) is 9.59 Å². The minimum absolute atomic E-state index is 0.102. The SMILES string of the molecule is CCC(C)[C@H](N)C(=O)NCC(C)C(=O)O. The fourth-order valence-electron chi connectivity index (χ4n) is 0.971. The number of nitrogens with two attached hydrogens (primary N) is 1. The van der Waals surface area contributed by atoms with Crippen molar-refractivity contribution in [2.45, 2.75) is 33.2 Å². The van der Waals surface area contributed by atoms with E-state index >= 15 is 0 Å². The monoisotopic (exact) mass is 216 g/mol. The number of carboxylic acid groups (broad SMARTS) is 1. The van der Waals surface area contributed by atoms with Gasteiger partial charge in [0.05, 0.1) is 12.0 Å². The number of carbonyl (C=O) groups excluding carboxylic acids is 1. The number of hydrogen-bond acceptors (Lipinski definition) is 3. The quantitative estimate of drug-likeness (QED) is 0.591. The molecule has 0 rings (SSSR count). The van der Waals surface area contributed by atoms with Gasteiger partial charge in [-0.15, -0.1) is 0 Å². The van der Waals surface area contributed by atoms with Crippen LogP contribution in [0.25, 0.3) is 0 Å². The summed E-state index contributed by atoms with van der Waals surface area (Å²) in [4.78, 5) is 21.9. The first-order valence-corrected chi connectivity index (χ1v) is 5.16. The molecule has 1 amide bonds. The molecule has 0 saturated carbocycles. The van der Waals surface area contributed by atoms with E-state index in [2.05, 4.69) is 5.32 Å². The van der Waals surface area contributed by atoms with Crippen LogP contribution < -0.4 is 11.1 Å². The standard InChI is InChI=1S/C10H20N2O3/c1-4-6(2)8(11)9(13)12-5-7(3)10(14)15/h6-8H,4-5,11H2,1-3H3,(H,12,13)(H,14,15)/t6?,7?,8-/m0/s1. The number of nitrogens with one attached hydrogen (secondary N) is 1. The predicted molar refractivity (Wildman–Crippen MR) is 57.2 cm³/mol. The molecular weight excluding hydrogens is 196 g/mol. The third-order valence-corrected chi connectivity index (χ3v) is 2.56. The van der Waals surface area contributed by atoms with Crippen molar-refractivity contribution in [3.8, 4) is 0 Å². The summed E-state index contributed by atoms with van der Waals surface area (Å²) in [5.74, 6) is -1.69. The lowest BCUT2D eigenvalue weighted by Crippen LogP contribution is -2.46. The molecule has 0 aromatic carbocycles. The highest BCUT2D eigenvalue weighted by Crippen LogP contribution is 2.05. The van der Waals surface area contributed by atoms with E-state index < -0.39 is 17.9 Å². The Bertz CT molecular complexity index is 231. The Labute approximate surface area is 90.0 Å². The fourth-order valence-corrected chi connectivity index (χ4v) is 0.971. The number of hydrogen-bond donors (Lipinski definition) is 3. The summed E-state index contributed by atoms with van der Waals surface area (Å²) in [5.41, 5.74) is 5.67. The van der Waals surface area contributed by atoms with Gasteiger partial charge in [0.15, 0.2) is 0 Å². The summed E-state index contributed by atoms with van der Waals surface area (Å²) in [6.45, 7) is 5.51. The molecule has 0 saturated heterocycles. The minimum atomic E-state index is -0.924. The van der Waals surface area contributed by atoms with Crippen molar-refractivity contribution in [3.05, 3.63) is 0 Å². The van der Waals surface area contributed by atoms with E-state index in [0.29, 0.717) is 0 Å². The van der Waals surface area contributed by atoms with E-state index in [4.69, 9.17) is 10.8 Å². The highest BCUT2D eigenvalue weighted by atomic mass is 16.4.